The second-order valence-corrected chi connectivity index (χ2v) is 4.42. The molecule has 20 heavy (non-hydrogen) atoms. The highest BCUT2D eigenvalue weighted by Gasteiger charge is 2.15. The van der Waals surface area contributed by atoms with Crippen molar-refractivity contribution in [3.63, 3.8) is 0 Å². The lowest BCUT2D eigenvalue weighted by molar-refractivity contribution is 0.102. The lowest BCUT2D eigenvalue weighted by atomic mass is 10.1. The van der Waals surface area contributed by atoms with Crippen LogP contribution in [0.2, 0.25) is 5.02 Å². The van der Waals surface area contributed by atoms with Crippen LogP contribution in [0, 0.1) is 0 Å². The molecule has 2 rings (SSSR count). The highest BCUT2D eigenvalue weighted by molar-refractivity contribution is 6.32. The van der Waals surface area contributed by atoms with Gasteiger partial charge in [-0.25, -0.2) is 0 Å². The van der Waals surface area contributed by atoms with Gasteiger partial charge >= 0.3 is 0 Å². The Hall–Kier alpha value is -2.20. The van der Waals surface area contributed by atoms with Crippen LogP contribution in [0.15, 0.2) is 42.5 Å². The van der Waals surface area contributed by atoms with Gasteiger partial charge in [-0.05, 0) is 24.3 Å². The Labute approximate surface area is 122 Å². The van der Waals surface area contributed by atoms with E-state index in [2.05, 4.69) is 5.32 Å². The Bertz CT molecular complexity index is 614. The van der Waals surface area contributed by atoms with Gasteiger partial charge in [-0.15, -0.1) is 0 Å². The summed E-state index contributed by atoms with van der Waals surface area (Å²) in [7, 11) is 2.99. The first kappa shape index (κ1) is 14.2. The SMILES string of the molecule is COc1cc(C(=O)Nc2ccccc2)cc(Cl)c1OC. The van der Waals surface area contributed by atoms with Gasteiger partial charge in [-0.2, -0.15) is 0 Å². The molecule has 0 saturated heterocycles. The van der Waals surface area contributed by atoms with Crippen LogP contribution >= 0.6 is 11.6 Å². The molecule has 0 radical (unpaired) electrons. The van der Waals surface area contributed by atoms with E-state index in [1.54, 1.807) is 24.3 Å². The van der Waals surface area contributed by atoms with E-state index in [0.29, 0.717) is 27.8 Å². The number of hydrogen-bond acceptors (Lipinski definition) is 3. The number of anilines is 1. The molecule has 2 aromatic rings. The molecule has 1 N–H and O–H groups in total. The van der Waals surface area contributed by atoms with Crippen LogP contribution < -0.4 is 14.8 Å². The summed E-state index contributed by atoms with van der Waals surface area (Å²) in [6.07, 6.45) is 0. The number of benzene rings is 2. The molecule has 2 aromatic carbocycles. The topological polar surface area (TPSA) is 47.6 Å². The molecule has 0 aliphatic carbocycles. The van der Waals surface area contributed by atoms with Crippen LogP contribution in [0.25, 0.3) is 0 Å². The highest BCUT2D eigenvalue weighted by atomic mass is 35.5. The fraction of sp³-hybridized carbons (Fsp3) is 0.133. The quantitative estimate of drug-likeness (QED) is 0.936. The summed E-state index contributed by atoms with van der Waals surface area (Å²) in [5.74, 6) is 0.558. The number of rotatable bonds is 4. The zero-order valence-electron chi connectivity index (χ0n) is 11.1. The molecule has 0 atom stereocenters. The first-order valence-corrected chi connectivity index (χ1v) is 6.31. The maximum absolute atomic E-state index is 12.2. The van der Waals surface area contributed by atoms with Gasteiger partial charge in [-0.1, -0.05) is 29.8 Å². The molecule has 0 aliphatic heterocycles. The molecule has 4 nitrogen and oxygen atoms in total. The van der Waals surface area contributed by atoms with Gasteiger partial charge < -0.3 is 14.8 Å². The number of ether oxygens (including phenoxy) is 2. The molecule has 1 amide bonds. The van der Waals surface area contributed by atoms with Crippen LogP contribution in [0.1, 0.15) is 10.4 Å². The zero-order valence-corrected chi connectivity index (χ0v) is 11.9. The number of amides is 1. The molecule has 0 aliphatic rings. The van der Waals surface area contributed by atoms with Crippen molar-refractivity contribution in [1.82, 2.24) is 0 Å². The molecular weight excluding hydrogens is 278 g/mol. The van der Waals surface area contributed by atoms with E-state index in [1.807, 2.05) is 18.2 Å². The van der Waals surface area contributed by atoms with Crippen molar-refractivity contribution >= 4 is 23.2 Å². The minimum absolute atomic E-state index is 0.265. The lowest BCUT2D eigenvalue weighted by Gasteiger charge is -2.12. The number of methoxy groups -OCH3 is 2. The summed E-state index contributed by atoms with van der Waals surface area (Å²) >= 11 is 6.08. The molecule has 5 heteroatoms. The van der Waals surface area contributed by atoms with E-state index < -0.39 is 0 Å². The minimum atomic E-state index is -0.265. The Morgan fingerprint density at radius 3 is 2.40 bits per heavy atom. The monoisotopic (exact) mass is 291 g/mol. The molecule has 0 aromatic heterocycles. The standard InChI is InChI=1S/C15H14ClNO3/c1-19-13-9-10(8-12(16)14(13)20-2)15(18)17-11-6-4-3-5-7-11/h3-9H,1-2H3,(H,17,18). The summed E-state index contributed by atoms with van der Waals surface area (Å²) in [6.45, 7) is 0. The summed E-state index contributed by atoms with van der Waals surface area (Å²) in [6, 6.07) is 12.3. The van der Waals surface area contributed by atoms with E-state index in [4.69, 9.17) is 21.1 Å². The fourth-order valence-corrected chi connectivity index (χ4v) is 2.06. The van der Waals surface area contributed by atoms with Gasteiger partial charge in [0.2, 0.25) is 0 Å². The first-order valence-electron chi connectivity index (χ1n) is 5.93. The average Bonchev–Trinajstić information content (AvgIpc) is 2.47. The van der Waals surface area contributed by atoms with Gasteiger partial charge in [-0.3, -0.25) is 4.79 Å². The second-order valence-electron chi connectivity index (χ2n) is 4.01. The number of para-hydroxylation sites is 1. The van der Waals surface area contributed by atoms with Crippen LogP contribution in [-0.4, -0.2) is 20.1 Å². The summed E-state index contributed by atoms with van der Waals surface area (Å²) in [4.78, 5) is 12.2. The Kier molecular flexibility index (Phi) is 4.48. The Morgan fingerprint density at radius 2 is 1.80 bits per heavy atom. The number of nitrogens with one attached hydrogen (secondary N) is 1. The maximum atomic E-state index is 12.2. The van der Waals surface area contributed by atoms with Gasteiger partial charge in [0.05, 0.1) is 19.2 Å². The van der Waals surface area contributed by atoms with Crippen molar-refractivity contribution in [2.45, 2.75) is 0 Å². The number of carbonyl (C=O) groups is 1. The number of hydrogen-bond donors (Lipinski definition) is 1. The Morgan fingerprint density at radius 1 is 1.10 bits per heavy atom. The second kappa shape index (κ2) is 6.30. The minimum Gasteiger partial charge on any atom is -0.493 e. The normalized spacial score (nSPS) is 9.95. The van der Waals surface area contributed by atoms with Crippen LogP contribution in [-0.2, 0) is 0 Å². The van der Waals surface area contributed by atoms with E-state index in [1.165, 1.54) is 14.2 Å². The molecule has 0 heterocycles. The van der Waals surface area contributed by atoms with Crippen molar-refractivity contribution in [3.8, 4) is 11.5 Å². The molecule has 0 saturated carbocycles. The molecule has 104 valence electrons. The number of carbonyl (C=O) groups excluding carboxylic acids is 1. The van der Waals surface area contributed by atoms with Crippen molar-refractivity contribution in [3.05, 3.63) is 53.1 Å². The van der Waals surface area contributed by atoms with Crippen molar-refractivity contribution < 1.29 is 14.3 Å². The summed E-state index contributed by atoms with van der Waals surface area (Å²) in [5.41, 5.74) is 1.11. The number of halogens is 1. The highest BCUT2D eigenvalue weighted by Crippen LogP contribution is 2.36. The first-order chi connectivity index (χ1) is 9.65. The van der Waals surface area contributed by atoms with Crippen LogP contribution in [0.4, 0.5) is 5.69 Å². The molecule has 0 spiro atoms. The smallest absolute Gasteiger partial charge is 0.255 e. The summed E-state index contributed by atoms with van der Waals surface area (Å²) in [5, 5.41) is 3.10. The summed E-state index contributed by atoms with van der Waals surface area (Å²) < 4.78 is 10.3. The van der Waals surface area contributed by atoms with Gasteiger partial charge in [0, 0.05) is 11.3 Å². The maximum Gasteiger partial charge on any atom is 0.255 e. The molecule has 0 unspecified atom stereocenters. The lowest BCUT2D eigenvalue weighted by Crippen LogP contribution is -2.12. The van der Waals surface area contributed by atoms with Gasteiger partial charge in [0.15, 0.2) is 11.5 Å². The molecule has 0 fully saturated rings. The van der Waals surface area contributed by atoms with Gasteiger partial charge in [0.25, 0.3) is 5.91 Å². The third-order valence-corrected chi connectivity index (χ3v) is 3.01. The third kappa shape index (κ3) is 3.03. The van der Waals surface area contributed by atoms with E-state index in [-0.39, 0.29) is 5.91 Å². The molecular formula is C15H14ClNO3. The van der Waals surface area contributed by atoms with E-state index >= 15 is 0 Å². The average molecular weight is 292 g/mol. The van der Waals surface area contributed by atoms with Gasteiger partial charge in [0.1, 0.15) is 0 Å². The van der Waals surface area contributed by atoms with Crippen LogP contribution in [0.3, 0.4) is 0 Å². The predicted molar refractivity (Wildman–Crippen MR) is 79.0 cm³/mol. The predicted octanol–water partition coefficient (Wildman–Crippen LogP) is 3.61. The van der Waals surface area contributed by atoms with Crippen molar-refractivity contribution in [1.29, 1.82) is 0 Å². The van der Waals surface area contributed by atoms with Crippen molar-refractivity contribution in [2.75, 3.05) is 19.5 Å². The van der Waals surface area contributed by atoms with E-state index in [9.17, 15) is 4.79 Å². The largest absolute Gasteiger partial charge is 0.493 e. The fourth-order valence-electron chi connectivity index (χ4n) is 1.77. The van der Waals surface area contributed by atoms with Crippen LogP contribution in [0.5, 0.6) is 11.5 Å². The van der Waals surface area contributed by atoms with Crippen molar-refractivity contribution in [2.24, 2.45) is 0 Å². The van der Waals surface area contributed by atoms with E-state index in [0.717, 1.165) is 0 Å². The Balaban J connectivity index is 2.29. The molecule has 0 bridgehead atoms. The third-order valence-electron chi connectivity index (χ3n) is 2.73. The zero-order chi connectivity index (χ0) is 14.5.